The van der Waals surface area contributed by atoms with E-state index in [0.717, 1.165) is 5.56 Å². The zero-order valence-corrected chi connectivity index (χ0v) is 16.5. The lowest BCUT2D eigenvalue weighted by molar-refractivity contribution is -0.179. The van der Waals surface area contributed by atoms with Crippen LogP contribution in [0.3, 0.4) is 0 Å². The number of alkyl halides is 3. The molecule has 0 aliphatic heterocycles. The molecule has 1 atom stereocenters. The maximum atomic E-state index is 13.8. The molecule has 0 saturated heterocycles. The van der Waals surface area contributed by atoms with Crippen LogP contribution in [0.5, 0.6) is 5.75 Å². The summed E-state index contributed by atoms with van der Waals surface area (Å²) in [6, 6.07) is 8.89. The molecule has 0 bridgehead atoms. The second-order valence-electron chi connectivity index (χ2n) is 7.51. The summed E-state index contributed by atoms with van der Waals surface area (Å²) < 4.78 is 60.3. The molecule has 148 valence electrons. The van der Waals surface area contributed by atoms with Gasteiger partial charge in [-0.25, -0.2) is 4.39 Å². The molecule has 27 heavy (non-hydrogen) atoms. The Hall–Kier alpha value is -1.75. The number of ether oxygens (including phenoxy) is 1. The van der Waals surface area contributed by atoms with Crippen molar-refractivity contribution in [1.82, 2.24) is 0 Å². The van der Waals surface area contributed by atoms with Gasteiger partial charge in [0.2, 0.25) is 0 Å². The summed E-state index contributed by atoms with van der Waals surface area (Å²) in [6.45, 7) is 5.14. The number of rotatable bonds is 6. The molecule has 1 unspecified atom stereocenters. The predicted octanol–water partition coefficient (Wildman–Crippen LogP) is 6.89. The van der Waals surface area contributed by atoms with E-state index in [2.05, 4.69) is 0 Å². The fourth-order valence-corrected chi connectivity index (χ4v) is 3.77. The molecule has 0 fully saturated rings. The number of methoxy groups -OCH3 is 1. The Balaban J connectivity index is 2.36. The zero-order chi connectivity index (χ0) is 20.4. The third-order valence-corrected chi connectivity index (χ3v) is 4.91. The summed E-state index contributed by atoms with van der Waals surface area (Å²) in [6.07, 6.45) is -4.79. The Labute approximate surface area is 162 Å². The fourth-order valence-electron chi connectivity index (χ4n) is 3.45. The first kappa shape index (κ1) is 21.5. The van der Waals surface area contributed by atoms with E-state index < -0.39 is 23.3 Å². The lowest BCUT2D eigenvalue weighted by atomic mass is 9.75. The van der Waals surface area contributed by atoms with Crippen molar-refractivity contribution in [2.75, 3.05) is 7.11 Å². The van der Waals surface area contributed by atoms with E-state index in [1.807, 2.05) is 0 Å². The number of benzene rings is 2. The van der Waals surface area contributed by atoms with Gasteiger partial charge < -0.3 is 4.74 Å². The normalized spacial score (nSPS) is 13.5. The molecule has 6 heteroatoms. The van der Waals surface area contributed by atoms with Crippen molar-refractivity contribution in [3.05, 3.63) is 63.9 Å². The molecular weight excluding hydrogens is 380 g/mol. The molecule has 0 saturated carbocycles. The van der Waals surface area contributed by atoms with Crippen LogP contribution in [-0.4, -0.2) is 13.3 Å². The largest absolute Gasteiger partial charge is 0.496 e. The van der Waals surface area contributed by atoms with E-state index in [-0.39, 0.29) is 12.8 Å². The molecule has 0 N–H and O–H groups in total. The highest BCUT2D eigenvalue weighted by Gasteiger charge is 2.43. The highest BCUT2D eigenvalue weighted by molar-refractivity contribution is 6.30. The van der Waals surface area contributed by atoms with Crippen LogP contribution in [-0.2, 0) is 11.8 Å². The van der Waals surface area contributed by atoms with Crippen molar-refractivity contribution < 1.29 is 22.3 Å². The average molecular weight is 403 g/mol. The molecule has 0 heterocycles. The Morgan fingerprint density at radius 3 is 2.30 bits per heavy atom. The molecule has 0 spiro atoms. The van der Waals surface area contributed by atoms with Crippen LogP contribution in [0.1, 0.15) is 37.0 Å². The maximum Gasteiger partial charge on any atom is 0.392 e. The van der Waals surface area contributed by atoms with Gasteiger partial charge in [-0.1, -0.05) is 31.5 Å². The SMILES string of the molecule is COc1ccc(F)cc1C(C)(C)CC(Cc1cc(C)cc(Cl)c1)C(F)(F)F. The quantitative estimate of drug-likeness (QED) is 0.478. The van der Waals surface area contributed by atoms with Crippen LogP contribution in [0.2, 0.25) is 5.02 Å². The molecule has 0 amide bonds. The molecule has 0 aromatic heterocycles. The van der Waals surface area contributed by atoms with E-state index in [1.54, 1.807) is 39.0 Å². The minimum Gasteiger partial charge on any atom is -0.496 e. The first-order valence-corrected chi connectivity index (χ1v) is 8.97. The Kier molecular flexibility index (Phi) is 6.46. The van der Waals surface area contributed by atoms with E-state index in [4.69, 9.17) is 16.3 Å². The van der Waals surface area contributed by atoms with Gasteiger partial charge in [-0.15, -0.1) is 0 Å². The van der Waals surface area contributed by atoms with Crippen molar-refractivity contribution >= 4 is 11.6 Å². The minimum absolute atomic E-state index is 0.189. The summed E-state index contributed by atoms with van der Waals surface area (Å²) in [4.78, 5) is 0. The standard InChI is InChI=1S/C21H23ClF4O/c1-13-7-14(10-16(22)8-13)9-15(21(24,25)26)12-20(2,3)18-11-17(23)5-6-19(18)27-4/h5-8,10-11,15H,9,12H2,1-4H3. The predicted molar refractivity (Wildman–Crippen MR) is 100 cm³/mol. The van der Waals surface area contributed by atoms with Crippen LogP contribution in [0.4, 0.5) is 17.6 Å². The average Bonchev–Trinajstić information content (AvgIpc) is 2.52. The third-order valence-electron chi connectivity index (χ3n) is 4.69. The van der Waals surface area contributed by atoms with Crippen LogP contribution in [0.15, 0.2) is 36.4 Å². The van der Waals surface area contributed by atoms with Crippen molar-refractivity contribution in [2.24, 2.45) is 5.92 Å². The van der Waals surface area contributed by atoms with Gasteiger partial charge in [0.1, 0.15) is 11.6 Å². The molecule has 1 nitrogen and oxygen atoms in total. The Morgan fingerprint density at radius 2 is 1.74 bits per heavy atom. The van der Waals surface area contributed by atoms with E-state index in [0.29, 0.717) is 21.9 Å². The van der Waals surface area contributed by atoms with Crippen LogP contribution in [0, 0.1) is 18.7 Å². The Morgan fingerprint density at radius 1 is 1.07 bits per heavy atom. The van der Waals surface area contributed by atoms with Gasteiger partial charge in [-0.2, -0.15) is 13.2 Å². The Bertz CT molecular complexity index is 779. The van der Waals surface area contributed by atoms with Crippen LogP contribution >= 0.6 is 11.6 Å². The van der Waals surface area contributed by atoms with Gasteiger partial charge >= 0.3 is 6.18 Å². The van der Waals surface area contributed by atoms with Crippen molar-refractivity contribution in [1.29, 1.82) is 0 Å². The van der Waals surface area contributed by atoms with Crippen molar-refractivity contribution in [3.8, 4) is 5.75 Å². The summed E-state index contributed by atoms with van der Waals surface area (Å²) in [5, 5.41) is 0.414. The topological polar surface area (TPSA) is 9.23 Å². The van der Waals surface area contributed by atoms with E-state index in [9.17, 15) is 17.6 Å². The van der Waals surface area contributed by atoms with E-state index in [1.165, 1.54) is 25.3 Å². The molecule has 2 aromatic rings. The van der Waals surface area contributed by atoms with E-state index >= 15 is 0 Å². The summed E-state index contributed by atoms with van der Waals surface area (Å²) in [5.41, 5.74) is 0.816. The van der Waals surface area contributed by atoms with Gasteiger partial charge in [0.15, 0.2) is 0 Å². The summed E-state index contributed by atoms with van der Waals surface area (Å²) in [7, 11) is 1.42. The highest BCUT2D eigenvalue weighted by atomic mass is 35.5. The van der Waals surface area contributed by atoms with Gasteiger partial charge in [0.05, 0.1) is 13.0 Å². The summed E-state index contributed by atoms with van der Waals surface area (Å²) >= 11 is 5.99. The number of hydrogen-bond donors (Lipinski definition) is 0. The monoisotopic (exact) mass is 402 g/mol. The molecule has 2 aromatic carbocycles. The second kappa shape index (κ2) is 8.09. The van der Waals surface area contributed by atoms with Crippen molar-refractivity contribution in [2.45, 2.75) is 45.2 Å². The van der Waals surface area contributed by atoms with Gasteiger partial charge in [-0.05, 0) is 66.6 Å². The molecule has 0 aliphatic carbocycles. The third kappa shape index (κ3) is 5.61. The van der Waals surface area contributed by atoms with Gasteiger partial charge in [0.25, 0.3) is 0 Å². The molecule has 0 radical (unpaired) electrons. The summed E-state index contributed by atoms with van der Waals surface area (Å²) in [5.74, 6) is -1.73. The fraction of sp³-hybridized carbons (Fsp3) is 0.429. The molecular formula is C21H23ClF4O. The lowest BCUT2D eigenvalue weighted by Crippen LogP contribution is -2.32. The van der Waals surface area contributed by atoms with Crippen LogP contribution < -0.4 is 4.74 Å². The zero-order valence-electron chi connectivity index (χ0n) is 15.8. The maximum absolute atomic E-state index is 13.8. The number of hydrogen-bond acceptors (Lipinski definition) is 1. The second-order valence-corrected chi connectivity index (χ2v) is 7.95. The number of halogens is 5. The van der Waals surface area contributed by atoms with Crippen LogP contribution in [0.25, 0.3) is 0 Å². The highest BCUT2D eigenvalue weighted by Crippen LogP contribution is 2.42. The first-order valence-electron chi connectivity index (χ1n) is 8.59. The van der Waals surface area contributed by atoms with Crippen molar-refractivity contribution in [3.63, 3.8) is 0 Å². The van der Waals surface area contributed by atoms with Gasteiger partial charge in [0, 0.05) is 10.6 Å². The minimum atomic E-state index is -4.39. The van der Waals surface area contributed by atoms with Gasteiger partial charge in [-0.3, -0.25) is 0 Å². The molecule has 2 rings (SSSR count). The number of aryl methyl sites for hydroxylation is 1. The first-order chi connectivity index (χ1) is 12.4. The smallest absolute Gasteiger partial charge is 0.392 e. The lowest BCUT2D eigenvalue weighted by Gasteiger charge is -2.32. The molecule has 0 aliphatic rings.